The number of hydrogen-bond donors (Lipinski definition) is 1. The average molecular weight is 421 g/mol. The van der Waals surface area contributed by atoms with E-state index in [0.29, 0.717) is 55.8 Å². The maximum absolute atomic E-state index is 12.9. The predicted molar refractivity (Wildman–Crippen MR) is 120 cm³/mol. The molecule has 0 atom stereocenters. The maximum atomic E-state index is 12.9. The topological polar surface area (TPSA) is 66.0 Å². The summed E-state index contributed by atoms with van der Waals surface area (Å²) in [7, 11) is 0. The third-order valence-corrected chi connectivity index (χ3v) is 4.31. The highest BCUT2D eigenvalue weighted by molar-refractivity contribution is 6.06. The van der Waals surface area contributed by atoms with Gasteiger partial charge in [0.15, 0.2) is 0 Å². The lowest BCUT2D eigenvalue weighted by molar-refractivity contribution is 0.0997. The number of para-hydroxylation sites is 4. The molecule has 0 saturated carbocycles. The van der Waals surface area contributed by atoms with Gasteiger partial charge in [-0.05, 0) is 43.3 Å². The highest BCUT2D eigenvalue weighted by Gasteiger charge is 2.14. The minimum Gasteiger partial charge on any atom is -0.490 e. The molecule has 0 aliphatic carbocycles. The second-order valence-corrected chi connectivity index (χ2v) is 6.50. The Morgan fingerprint density at radius 1 is 0.710 bits per heavy atom. The van der Waals surface area contributed by atoms with Crippen molar-refractivity contribution < 1.29 is 23.7 Å². The summed E-state index contributed by atoms with van der Waals surface area (Å²) in [5.74, 6) is 1.59. The molecule has 0 aromatic heterocycles. The van der Waals surface area contributed by atoms with E-state index in [-0.39, 0.29) is 5.91 Å². The molecule has 0 unspecified atom stereocenters. The zero-order valence-corrected chi connectivity index (χ0v) is 17.6. The zero-order chi connectivity index (χ0) is 21.7. The number of benzene rings is 3. The van der Waals surface area contributed by atoms with Crippen LogP contribution in [-0.2, 0) is 4.74 Å². The first-order valence-electron chi connectivity index (χ1n) is 10.3. The molecule has 0 aliphatic heterocycles. The van der Waals surface area contributed by atoms with Crippen molar-refractivity contribution in [3.63, 3.8) is 0 Å². The molecule has 1 N–H and O–H groups in total. The third-order valence-electron chi connectivity index (χ3n) is 4.31. The molecule has 3 rings (SSSR count). The monoisotopic (exact) mass is 421 g/mol. The van der Waals surface area contributed by atoms with E-state index < -0.39 is 0 Å². The Hall–Kier alpha value is -3.51. The van der Waals surface area contributed by atoms with Crippen LogP contribution in [-0.4, -0.2) is 38.9 Å². The molecule has 162 valence electrons. The quantitative estimate of drug-likeness (QED) is 0.425. The summed E-state index contributed by atoms with van der Waals surface area (Å²) < 4.78 is 22.5. The molecule has 3 aromatic rings. The van der Waals surface area contributed by atoms with Gasteiger partial charge in [-0.1, -0.05) is 42.5 Å². The van der Waals surface area contributed by atoms with Gasteiger partial charge in [-0.2, -0.15) is 0 Å². The first-order valence-corrected chi connectivity index (χ1v) is 10.3. The minimum atomic E-state index is -0.274. The van der Waals surface area contributed by atoms with Gasteiger partial charge < -0.3 is 24.3 Å². The van der Waals surface area contributed by atoms with Crippen LogP contribution in [0.4, 0.5) is 5.69 Å². The lowest BCUT2D eigenvalue weighted by atomic mass is 10.1. The van der Waals surface area contributed by atoms with Crippen LogP contribution >= 0.6 is 0 Å². The smallest absolute Gasteiger partial charge is 0.259 e. The van der Waals surface area contributed by atoms with E-state index in [4.69, 9.17) is 18.9 Å². The lowest BCUT2D eigenvalue weighted by Gasteiger charge is -2.15. The largest absolute Gasteiger partial charge is 0.490 e. The fourth-order valence-electron chi connectivity index (χ4n) is 2.85. The van der Waals surface area contributed by atoms with Crippen LogP contribution in [0.1, 0.15) is 17.3 Å². The van der Waals surface area contributed by atoms with E-state index in [2.05, 4.69) is 5.32 Å². The summed E-state index contributed by atoms with van der Waals surface area (Å²) in [5.41, 5.74) is 1.03. The van der Waals surface area contributed by atoms with Crippen molar-refractivity contribution in [3.05, 3.63) is 84.4 Å². The first kappa shape index (κ1) is 22.2. The Morgan fingerprint density at radius 3 is 2.13 bits per heavy atom. The number of rotatable bonds is 12. The third kappa shape index (κ3) is 7.04. The number of ether oxygens (including phenoxy) is 4. The summed E-state index contributed by atoms with van der Waals surface area (Å²) in [6.07, 6.45) is 0. The van der Waals surface area contributed by atoms with Crippen molar-refractivity contribution in [2.24, 2.45) is 0 Å². The molecule has 1 amide bonds. The SMILES string of the molecule is CCOCCOc1ccccc1C(=O)Nc1ccccc1OCCOc1ccccc1. The highest BCUT2D eigenvalue weighted by atomic mass is 16.5. The number of carbonyl (C=O) groups excluding carboxylic acids is 1. The first-order chi connectivity index (χ1) is 15.3. The van der Waals surface area contributed by atoms with Gasteiger partial charge in [0.1, 0.15) is 37.1 Å². The van der Waals surface area contributed by atoms with Crippen LogP contribution in [0.3, 0.4) is 0 Å². The highest BCUT2D eigenvalue weighted by Crippen LogP contribution is 2.26. The van der Waals surface area contributed by atoms with Gasteiger partial charge in [-0.25, -0.2) is 0 Å². The molecule has 0 bridgehead atoms. The van der Waals surface area contributed by atoms with Crippen molar-refractivity contribution in [2.45, 2.75) is 6.92 Å². The summed E-state index contributed by atoms with van der Waals surface area (Å²) in [6, 6.07) is 24.0. The van der Waals surface area contributed by atoms with Crippen molar-refractivity contribution in [2.75, 3.05) is 38.4 Å². The van der Waals surface area contributed by atoms with Crippen molar-refractivity contribution >= 4 is 11.6 Å². The van der Waals surface area contributed by atoms with Gasteiger partial charge in [-0.3, -0.25) is 4.79 Å². The number of anilines is 1. The van der Waals surface area contributed by atoms with Gasteiger partial charge in [0, 0.05) is 6.61 Å². The summed E-state index contributed by atoms with van der Waals surface area (Å²) in [5, 5.41) is 2.91. The summed E-state index contributed by atoms with van der Waals surface area (Å²) >= 11 is 0. The normalized spacial score (nSPS) is 10.4. The van der Waals surface area contributed by atoms with Gasteiger partial charge >= 0.3 is 0 Å². The Morgan fingerprint density at radius 2 is 1.32 bits per heavy atom. The number of amides is 1. The van der Waals surface area contributed by atoms with Crippen LogP contribution in [0, 0.1) is 0 Å². The molecule has 31 heavy (non-hydrogen) atoms. The van der Waals surface area contributed by atoms with Crippen LogP contribution in [0.25, 0.3) is 0 Å². The molecule has 6 nitrogen and oxygen atoms in total. The average Bonchev–Trinajstić information content (AvgIpc) is 2.81. The van der Waals surface area contributed by atoms with Crippen LogP contribution < -0.4 is 19.5 Å². The zero-order valence-electron chi connectivity index (χ0n) is 17.6. The van der Waals surface area contributed by atoms with Crippen molar-refractivity contribution in [3.8, 4) is 17.2 Å². The molecular weight excluding hydrogens is 394 g/mol. The molecule has 6 heteroatoms. The van der Waals surface area contributed by atoms with Gasteiger partial charge in [-0.15, -0.1) is 0 Å². The molecule has 0 radical (unpaired) electrons. The maximum Gasteiger partial charge on any atom is 0.259 e. The van der Waals surface area contributed by atoms with E-state index in [1.807, 2.05) is 61.5 Å². The summed E-state index contributed by atoms with van der Waals surface area (Å²) in [4.78, 5) is 12.9. The second-order valence-electron chi connectivity index (χ2n) is 6.50. The van der Waals surface area contributed by atoms with E-state index in [1.54, 1.807) is 24.3 Å². The minimum absolute atomic E-state index is 0.274. The van der Waals surface area contributed by atoms with Crippen molar-refractivity contribution in [1.82, 2.24) is 0 Å². The second kappa shape index (κ2) is 12.2. The van der Waals surface area contributed by atoms with Gasteiger partial charge in [0.2, 0.25) is 0 Å². The molecule has 0 heterocycles. The lowest BCUT2D eigenvalue weighted by Crippen LogP contribution is -2.16. The van der Waals surface area contributed by atoms with E-state index in [1.165, 1.54) is 0 Å². The Bertz CT molecular complexity index is 945. The van der Waals surface area contributed by atoms with E-state index >= 15 is 0 Å². The van der Waals surface area contributed by atoms with Crippen LogP contribution in [0.5, 0.6) is 17.2 Å². The molecule has 0 fully saturated rings. The van der Waals surface area contributed by atoms with Crippen LogP contribution in [0.2, 0.25) is 0 Å². The van der Waals surface area contributed by atoms with Crippen LogP contribution in [0.15, 0.2) is 78.9 Å². The fraction of sp³-hybridized carbons (Fsp3) is 0.240. The molecule has 0 saturated heterocycles. The number of hydrogen-bond acceptors (Lipinski definition) is 5. The predicted octanol–water partition coefficient (Wildman–Crippen LogP) is 4.81. The summed E-state index contributed by atoms with van der Waals surface area (Å²) in [6.45, 7) is 4.13. The van der Waals surface area contributed by atoms with Crippen molar-refractivity contribution in [1.29, 1.82) is 0 Å². The Balaban J connectivity index is 1.58. The molecule has 0 aliphatic rings. The Labute approximate surface area is 182 Å². The standard InChI is InChI=1S/C25H27NO5/c1-2-28-16-17-30-23-14-8-6-12-21(23)25(27)26-22-13-7-9-15-24(22)31-19-18-29-20-10-4-3-5-11-20/h3-15H,2,16-19H2,1H3,(H,26,27). The van der Waals surface area contributed by atoms with Gasteiger partial charge in [0.05, 0.1) is 17.9 Å². The molecular formula is C25H27NO5. The number of nitrogens with one attached hydrogen (secondary N) is 1. The van der Waals surface area contributed by atoms with E-state index in [0.717, 1.165) is 5.75 Å². The van der Waals surface area contributed by atoms with E-state index in [9.17, 15) is 4.79 Å². The number of carbonyl (C=O) groups is 1. The molecule has 0 spiro atoms. The molecule has 3 aromatic carbocycles. The van der Waals surface area contributed by atoms with Gasteiger partial charge in [0.25, 0.3) is 5.91 Å². The Kier molecular flexibility index (Phi) is 8.76. The fourth-order valence-corrected chi connectivity index (χ4v) is 2.85.